The molecule has 10 nitrogen and oxygen atoms in total. The molecule has 10 heteroatoms. The van der Waals surface area contributed by atoms with Crippen molar-refractivity contribution in [1.29, 1.82) is 0 Å². The molecule has 6 rings (SSSR count). The number of aromatic nitrogens is 8. The highest BCUT2D eigenvalue weighted by atomic mass is 16.1. The molecule has 0 saturated carbocycles. The van der Waals surface area contributed by atoms with Gasteiger partial charge < -0.3 is 10.3 Å². The second kappa shape index (κ2) is 8.41. The van der Waals surface area contributed by atoms with Crippen molar-refractivity contribution in [3.63, 3.8) is 0 Å². The minimum absolute atomic E-state index is 0.0697. The van der Waals surface area contributed by atoms with Gasteiger partial charge in [-0.15, -0.1) is 0 Å². The van der Waals surface area contributed by atoms with Crippen LogP contribution in [0, 0.1) is 0 Å². The molecule has 0 aliphatic heterocycles. The average Bonchev–Trinajstić information content (AvgIpc) is 3.53. The lowest BCUT2D eigenvalue weighted by Crippen LogP contribution is -2.09. The molecule has 0 fully saturated rings. The van der Waals surface area contributed by atoms with Gasteiger partial charge in [-0.25, -0.2) is 9.97 Å². The summed E-state index contributed by atoms with van der Waals surface area (Å²) in [6.07, 6.45) is 10.7. The predicted octanol–water partition coefficient (Wildman–Crippen LogP) is 4.37. The Kier molecular flexibility index (Phi) is 4.95. The standard InChI is InChI=1S/C25H19N9O/c1-2-20(35)30-17-8-15(11-27-13-17)16-9-18-22(33-34-24(18)29-12-16)25-31-19-5-7-28-21(23(19)32-25)14-4-3-6-26-10-14/h3-13H,2H2,1H3,(H,30,35)(H,31,32)(H,29,33,34). The zero-order valence-electron chi connectivity index (χ0n) is 18.6. The van der Waals surface area contributed by atoms with Gasteiger partial charge in [0.25, 0.3) is 0 Å². The molecule has 6 aromatic rings. The van der Waals surface area contributed by atoms with Crippen LogP contribution in [0.4, 0.5) is 5.69 Å². The van der Waals surface area contributed by atoms with Crippen LogP contribution in [0.2, 0.25) is 0 Å². The number of fused-ring (bicyclic) bond motifs is 2. The van der Waals surface area contributed by atoms with E-state index in [1.807, 2.05) is 30.3 Å². The zero-order chi connectivity index (χ0) is 23.8. The van der Waals surface area contributed by atoms with Crippen molar-refractivity contribution < 1.29 is 4.79 Å². The van der Waals surface area contributed by atoms with Gasteiger partial charge in [-0.1, -0.05) is 6.92 Å². The third kappa shape index (κ3) is 3.76. The first-order valence-corrected chi connectivity index (χ1v) is 11.0. The monoisotopic (exact) mass is 461 g/mol. The second-order valence-corrected chi connectivity index (χ2v) is 7.94. The fourth-order valence-corrected chi connectivity index (χ4v) is 3.92. The van der Waals surface area contributed by atoms with Crippen molar-refractivity contribution >= 4 is 33.7 Å². The van der Waals surface area contributed by atoms with Crippen LogP contribution in [-0.2, 0) is 4.79 Å². The number of aromatic amines is 2. The van der Waals surface area contributed by atoms with Crippen LogP contribution in [0.25, 0.3) is 56.0 Å². The fourth-order valence-electron chi connectivity index (χ4n) is 3.92. The lowest BCUT2D eigenvalue weighted by atomic mass is 10.1. The van der Waals surface area contributed by atoms with Crippen molar-refractivity contribution in [1.82, 2.24) is 40.1 Å². The van der Waals surface area contributed by atoms with Gasteiger partial charge >= 0.3 is 0 Å². The van der Waals surface area contributed by atoms with Crippen molar-refractivity contribution in [2.75, 3.05) is 5.32 Å². The molecule has 0 spiro atoms. The zero-order valence-corrected chi connectivity index (χ0v) is 18.6. The van der Waals surface area contributed by atoms with Gasteiger partial charge in [0, 0.05) is 54.1 Å². The van der Waals surface area contributed by atoms with E-state index in [1.54, 1.807) is 44.1 Å². The molecule has 1 amide bonds. The number of pyridine rings is 4. The van der Waals surface area contributed by atoms with Gasteiger partial charge in [0.1, 0.15) is 11.2 Å². The molecule has 3 N–H and O–H groups in total. The van der Waals surface area contributed by atoms with Crippen LogP contribution in [0.1, 0.15) is 13.3 Å². The summed E-state index contributed by atoms with van der Waals surface area (Å²) >= 11 is 0. The summed E-state index contributed by atoms with van der Waals surface area (Å²) in [5.74, 6) is 0.533. The maximum Gasteiger partial charge on any atom is 0.224 e. The number of hydrogen-bond acceptors (Lipinski definition) is 7. The summed E-state index contributed by atoms with van der Waals surface area (Å²) in [7, 11) is 0. The molecule has 0 radical (unpaired) electrons. The van der Waals surface area contributed by atoms with E-state index < -0.39 is 0 Å². The molecular formula is C25H19N9O. The summed E-state index contributed by atoms with van der Waals surface area (Å²) in [6, 6.07) is 9.56. The van der Waals surface area contributed by atoms with E-state index in [0.29, 0.717) is 29.3 Å². The van der Waals surface area contributed by atoms with Gasteiger partial charge in [0.15, 0.2) is 11.5 Å². The van der Waals surface area contributed by atoms with Crippen LogP contribution in [0.3, 0.4) is 0 Å². The second-order valence-electron chi connectivity index (χ2n) is 7.94. The van der Waals surface area contributed by atoms with E-state index in [2.05, 4.69) is 40.4 Å². The molecule has 0 unspecified atom stereocenters. The number of rotatable bonds is 5. The number of nitrogens with one attached hydrogen (secondary N) is 3. The Morgan fingerprint density at radius 2 is 1.83 bits per heavy atom. The number of hydrogen-bond donors (Lipinski definition) is 3. The number of carbonyl (C=O) groups is 1. The lowest BCUT2D eigenvalue weighted by molar-refractivity contribution is -0.115. The summed E-state index contributed by atoms with van der Waals surface area (Å²) in [6.45, 7) is 1.80. The van der Waals surface area contributed by atoms with Gasteiger partial charge in [-0.05, 0) is 30.3 Å². The molecule has 0 saturated heterocycles. The summed E-state index contributed by atoms with van der Waals surface area (Å²) in [4.78, 5) is 37.5. The van der Waals surface area contributed by atoms with Crippen LogP contribution in [0.5, 0.6) is 0 Å². The fraction of sp³-hybridized carbons (Fsp3) is 0.0800. The van der Waals surface area contributed by atoms with E-state index in [4.69, 9.17) is 4.98 Å². The molecule has 0 aliphatic carbocycles. The molecule has 170 valence electrons. The molecule has 0 atom stereocenters. The van der Waals surface area contributed by atoms with Crippen LogP contribution < -0.4 is 5.32 Å². The largest absolute Gasteiger partial charge is 0.336 e. The Labute approximate surface area is 198 Å². The molecule has 0 aromatic carbocycles. The number of carbonyl (C=O) groups excluding carboxylic acids is 1. The SMILES string of the molecule is CCC(=O)Nc1cncc(-c2cnc3[nH]nc(-c4nc5c(-c6cccnc6)nccc5[nH]4)c3c2)c1. The van der Waals surface area contributed by atoms with E-state index in [0.717, 1.165) is 38.8 Å². The molecule has 6 heterocycles. The van der Waals surface area contributed by atoms with Gasteiger partial charge in [0.05, 0.1) is 28.5 Å². The normalized spacial score (nSPS) is 11.2. The highest BCUT2D eigenvalue weighted by Crippen LogP contribution is 2.31. The first kappa shape index (κ1) is 20.6. The molecule has 35 heavy (non-hydrogen) atoms. The topological polar surface area (TPSA) is 138 Å². The highest BCUT2D eigenvalue weighted by Gasteiger charge is 2.17. The molecule has 6 aromatic heterocycles. The highest BCUT2D eigenvalue weighted by molar-refractivity contribution is 5.96. The maximum absolute atomic E-state index is 11.8. The molecule has 0 aliphatic rings. The van der Waals surface area contributed by atoms with Crippen LogP contribution >= 0.6 is 0 Å². The summed E-state index contributed by atoms with van der Waals surface area (Å²) in [5, 5.41) is 11.1. The Morgan fingerprint density at radius 3 is 2.69 bits per heavy atom. The molecule has 0 bridgehead atoms. The maximum atomic E-state index is 11.8. The third-order valence-corrected chi connectivity index (χ3v) is 5.65. The van der Waals surface area contributed by atoms with Crippen molar-refractivity contribution in [3.8, 4) is 33.9 Å². The molecular weight excluding hydrogens is 442 g/mol. The van der Waals surface area contributed by atoms with Gasteiger partial charge in [-0.2, -0.15) is 5.10 Å². The number of nitrogens with zero attached hydrogens (tertiary/aromatic N) is 6. The van der Waals surface area contributed by atoms with Crippen LogP contribution in [0.15, 0.2) is 67.5 Å². The minimum atomic E-state index is -0.0697. The van der Waals surface area contributed by atoms with Crippen molar-refractivity contribution in [2.45, 2.75) is 13.3 Å². The van der Waals surface area contributed by atoms with E-state index in [1.165, 1.54) is 0 Å². The minimum Gasteiger partial charge on any atom is -0.336 e. The quantitative estimate of drug-likeness (QED) is 0.346. The van der Waals surface area contributed by atoms with Crippen molar-refractivity contribution in [2.24, 2.45) is 0 Å². The number of amides is 1. The number of anilines is 1. The average molecular weight is 461 g/mol. The number of imidazole rings is 1. The summed E-state index contributed by atoms with van der Waals surface area (Å²) < 4.78 is 0. The Hall–Kier alpha value is -4.99. The summed E-state index contributed by atoms with van der Waals surface area (Å²) in [5.41, 5.74) is 6.79. The predicted molar refractivity (Wildman–Crippen MR) is 132 cm³/mol. The Morgan fingerprint density at radius 1 is 0.943 bits per heavy atom. The Balaban J connectivity index is 1.43. The van der Waals surface area contributed by atoms with E-state index in [-0.39, 0.29) is 5.91 Å². The first-order valence-electron chi connectivity index (χ1n) is 11.0. The van der Waals surface area contributed by atoms with Crippen molar-refractivity contribution in [3.05, 3.63) is 67.5 Å². The smallest absolute Gasteiger partial charge is 0.224 e. The van der Waals surface area contributed by atoms with E-state index >= 15 is 0 Å². The van der Waals surface area contributed by atoms with Gasteiger partial charge in [0.2, 0.25) is 5.91 Å². The lowest BCUT2D eigenvalue weighted by Gasteiger charge is -2.06. The third-order valence-electron chi connectivity index (χ3n) is 5.65. The van der Waals surface area contributed by atoms with E-state index in [9.17, 15) is 4.79 Å². The first-order chi connectivity index (χ1) is 17.2. The Bertz CT molecular complexity index is 1690. The van der Waals surface area contributed by atoms with Gasteiger partial charge in [-0.3, -0.25) is 24.8 Å². The van der Waals surface area contributed by atoms with Crippen LogP contribution in [-0.4, -0.2) is 46.0 Å². The number of H-pyrrole nitrogens is 2.